The first kappa shape index (κ1) is 17.0. The number of aromatic nitrogens is 1. The smallest absolute Gasteiger partial charge is 0.113 e. The molecule has 2 nitrogen and oxygen atoms in total. The zero-order chi connectivity index (χ0) is 15.9. The van der Waals surface area contributed by atoms with Crippen LogP contribution in [0.15, 0.2) is 5.38 Å². The minimum Gasteiger partial charge on any atom is -0.305 e. The molecule has 1 aromatic heterocycles. The molecule has 2 unspecified atom stereocenters. The zero-order valence-electron chi connectivity index (χ0n) is 14.8. The molecule has 1 aliphatic rings. The Morgan fingerprint density at radius 1 is 1.38 bits per heavy atom. The van der Waals surface area contributed by atoms with E-state index in [0.29, 0.717) is 11.3 Å². The summed E-state index contributed by atoms with van der Waals surface area (Å²) in [4.78, 5) is 5.06. The molecule has 0 saturated heterocycles. The van der Waals surface area contributed by atoms with Gasteiger partial charge in [-0.1, -0.05) is 48.5 Å². The van der Waals surface area contributed by atoms with Crippen LogP contribution in [-0.2, 0) is 11.0 Å². The summed E-state index contributed by atoms with van der Waals surface area (Å²) in [5.74, 6) is 0.637. The summed E-state index contributed by atoms with van der Waals surface area (Å²) in [7, 11) is 0. The first-order valence-electron chi connectivity index (χ1n) is 8.32. The Kier molecular flexibility index (Phi) is 4.57. The Morgan fingerprint density at radius 2 is 2.05 bits per heavy atom. The lowest BCUT2D eigenvalue weighted by molar-refractivity contribution is 0.251. The van der Waals surface area contributed by atoms with Crippen LogP contribution in [0.5, 0.6) is 0 Å². The minimum atomic E-state index is 0.0771. The molecule has 0 aromatic carbocycles. The second kappa shape index (κ2) is 5.66. The van der Waals surface area contributed by atoms with E-state index in [1.54, 1.807) is 0 Å². The van der Waals surface area contributed by atoms with Crippen molar-refractivity contribution in [2.45, 2.75) is 78.7 Å². The van der Waals surface area contributed by atoms with E-state index < -0.39 is 0 Å². The molecule has 2 rings (SSSR count). The van der Waals surface area contributed by atoms with Crippen molar-refractivity contribution in [3.05, 3.63) is 16.1 Å². The minimum absolute atomic E-state index is 0.0771. The van der Waals surface area contributed by atoms with Crippen LogP contribution in [0.1, 0.15) is 78.4 Å². The van der Waals surface area contributed by atoms with Crippen molar-refractivity contribution in [1.29, 1.82) is 0 Å². The van der Waals surface area contributed by atoms with Crippen molar-refractivity contribution in [2.24, 2.45) is 11.3 Å². The Bertz CT molecular complexity index is 484. The standard InChI is InChI=1S/C18H32N2S/c1-8-9-19-18(12-17(6,7)10-13(18)2)15-20-14(11-21-15)16(3,4)5/h11,13,19H,8-10,12H2,1-7H3. The van der Waals surface area contributed by atoms with E-state index in [9.17, 15) is 0 Å². The number of hydrogen-bond acceptors (Lipinski definition) is 3. The Morgan fingerprint density at radius 3 is 2.48 bits per heavy atom. The summed E-state index contributed by atoms with van der Waals surface area (Å²) >= 11 is 1.85. The van der Waals surface area contributed by atoms with E-state index in [4.69, 9.17) is 4.98 Å². The highest BCUT2D eigenvalue weighted by Gasteiger charge is 2.51. The molecule has 0 spiro atoms. The van der Waals surface area contributed by atoms with Gasteiger partial charge in [0.1, 0.15) is 5.01 Å². The third kappa shape index (κ3) is 3.34. The molecule has 1 heterocycles. The maximum absolute atomic E-state index is 5.06. The average molecular weight is 309 g/mol. The lowest BCUT2D eigenvalue weighted by Gasteiger charge is -2.34. The van der Waals surface area contributed by atoms with Crippen molar-refractivity contribution in [3.8, 4) is 0 Å². The molecule has 2 atom stereocenters. The number of nitrogens with zero attached hydrogens (tertiary/aromatic N) is 1. The molecule has 0 radical (unpaired) electrons. The quantitative estimate of drug-likeness (QED) is 0.838. The van der Waals surface area contributed by atoms with E-state index in [1.165, 1.54) is 30.0 Å². The van der Waals surface area contributed by atoms with Crippen molar-refractivity contribution >= 4 is 11.3 Å². The first-order valence-corrected chi connectivity index (χ1v) is 9.20. The van der Waals surface area contributed by atoms with Gasteiger partial charge < -0.3 is 5.32 Å². The van der Waals surface area contributed by atoms with Gasteiger partial charge in [0, 0.05) is 10.8 Å². The molecule has 0 bridgehead atoms. The largest absolute Gasteiger partial charge is 0.305 e. The average Bonchev–Trinajstić information content (AvgIpc) is 2.90. The highest BCUT2D eigenvalue weighted by atomic mass is 32.1. The number of nitrogens with one attached hydrogen (secondary N) is 1. The van der Waals surface area contributed by atoms with Gasteiger partial charge in [-0.15, -0.1) is 11.3 Å². The Balaban J connectivity index is 2.39. The van der Waals surface area contributed by atoms with Crippen LogP contribution in [-0.4, -0.2) is 11.5 Å². The summed E-state index contributed by atoms with van der Waals surface area (Å²) in [6.07, 6.45) is 3.64. The molecule has 1 saturated carbocycles. The highest BCUT2D eigenvalue weighted by Crippen LogP contribution is 2.53. The first-order chi connectivity index (χ1) is 9.61. The highest BCUT2D eigenvalue weighted by molar-refractivity contribution is 7.09. The fourth-order valence-electron chi connectivity index (χ4n) is 3.77. The third-order valence-corrected chi connectivity index (χ3v) is 5.82. The lowest BCUT2D eigenvalue weighted by Crippen LogP contribution is -2.45. The van der Waals surface area contributed by atoms with Gasteiger partial charge in [-0.25, -0.2) is 4.98 Å². The number of hydrogen-bond donors (Lipinski definition) is 1. The number of rotatable bonds is 4. The van der Waals surface area contributed by atoms with E-state index in [1.807, 2.05) is 11.3 Å². The van der Waals surface area contributed by atoms with E-state index >= 15 is 0 Å². The predicted molar refractivity (Wildman–Crippen MR) is 93.0 cm³/mol. The van der Waals surface area contributed by atoms with Gasteiger partial charge in [0.15, 0.2) is 0 Å². The van der Waals surface area contributed by atoms with Crippen LogP contribution in [0, 0.1) is 11.3 Å². The summed E-state index contributed by atoms with van der Waals surface area (Å²) in [5.41, 5.74) is 1.84. The normalized spacial score (nSPS) is 29.0. The predicted octanol–water partition coefficient (Wildman–Crippen LogP) is 5.09. The topological polar surface area (TPSA) is 24.9 Å². The maximum atomic E-state index is 5.06. The summed E-state index contributed by atoms with van der Waals surface area (Å²) in [5, 5.41) is 7.45. The SMILES string of the molecule is CCCNC1(c2nc(C(C)(C)C)cs2)CC(C)(C)CC1C. The van der Waals surface area contributed by atoms with E-state index in [2.05, 4.69) is 59.2 Å². The molecule has 0 amide bonds. The molecule has 1 N–H and O–H groups in total. The van der Waals surface area contributed by atoms with Crippen molar-refractivity contribution in [2.75, 3.05) is 6.54 Å². The van der Waals surface area contributed by atoms with Crippen LogP contribution in [0.3, 0.4) is 0 Å². The van der Waals surface area contributed by atoms with Crippen LogP contribution in [0.25, 0.3) is 0 Å². The van der Waals surface area contributed by atoms with Gasteiger partial charge in [-0.3, -0.25) is 0 Å². The summed E-state index contributed by atoms with van der Waals surface area (Å²) in [6.45, 7) is 17.3. The molecule has 21 heavy (non-hydrogen) atoms. The van der Waals surface area contributed by atoms with E-state index in [-0.39, 0.29) is 11.0 Å². The van der Waals surface area contributed by atoms with Crippen LogP contribution in [0.2, 0.25) is 0 Å². The monoisotopic (exact) mass is 308 g/mol. The fraction of sp³-hybridized carbons (Fsp3) is 0.833. The molecule has 3 heteroatoms. The van der Waals surface area contributed by atoms with Gasteiger partial charge in [-0.2, -0.15) is 0 Å². The summed E-state index contributed by atoms with van der Waals surface area (Å²) in [6, 6.07) is 0. The molecule has 1 aromatic rings. The van der Waals surface area contributed by atoms with Crippen LogP contribution < -0.4 is 5.32 Å². The van der Waals surface area contributed by atoms with Gasteiger partial charge in [0.2, 0.25) is 0 Å². The molecule has 1 fully saturated rings. The summed E-state index contributed by atoms with van der Waals surface area (Å²) < 4.78 is 0. The van der Waals surface area contributed by atoms with Gasteiger partial charge in [0.25, 0.3) is 0 Å². The van der Waals surface area contributed by atoms with Crippen molar-refractivity contribution < 1.29 is 0 Å². The Labute approximate surface area is 134 Å². The fourth-order valence-corrected chi connectivity index (χ4v) is 5.11. The maximum Gasteiger partial charge on any atom is 0.113 e. The number of thiazole rings is 1. The van der Waals surface area contributed by atoms with Gasteiger partial charge in [-0.05, 0) is 37.1 Å². The van der Waals surface area contributed by atoms with Gasteiger partial charge in [0.05, 0.1) is 11.2 Å². The molecular formula is C18H32N2S. The Hall–Kier alpha value is -0.410. The zero-order valence-corrected chi connectivity index (χ0v) is 15.7. The second-order valence-corrected chi connectivity index (χ2v) is 9.49. The van der Waals surface area contributed by atoms with Crippen molar-refractivity contribution in [1.82, 2.24) is 10.3 Å². The lowest BCUT2D eigenvalue weighted by atomic mass is 9.86. The molecular weight excluding hydrogens is 276 g/mol. The third-order valence-electron chi connectivity index (χ3n) is 4.80. The molecule has 0 aliphatic heterocycles. The van der Waals surface area contributed by atoms with Crippen LogP contribution >= 0.6 is 11.3 Å². The van der Waals surface area contributed by atoms with Gasteiger partial charge >= 0.3 is 0 Å². The van der Waals surface area contributed by atoms with Crippen molar-refractivity contribution in [3.63, 3.8) is 0 Å². The van der Waals surface area contributed by atoms with E-state index in [0.717, 1.165) is 6.54 Å². The molecule has 120 valence electrons. The molecule has 1 aliphatic carbocycles. The van der Waals surface area contributed by atoms with Crippen LogP contribution in [0.4, 0.5) is 0 Å². The second-order valence-electron chi connectivity index (χ2n) is 8.63.